The van der Waals surface area contributed by atoms with Gasteiger partial charge in [-0.15, -0.1) is 0 Å². The molecule has 3 N–H and O–H groups in total. The Morgan fingerprint density at radius 3 is 2.31 bits per heavy atom. The predicted octanol–water partition coefficient (Wildman–Crippen LogP) is -0.352. The van der Waals surface area contributed by atoms with Crippen molar-refractivity contribution in [2.24, 2.45) is 11.7 Å². The van der Waals surface area contributed by atoms with Gasteiger partial charge in [-0.3, -0.25) is 4.79 Å². The van der Waals surface area contributed by atoms with Crippen LogP contribution >= 0.6 is 0 Å². The number of nitrogens with zero attached hydrogens (tertiary/aromatic N) is 1. The first-order chi connectivity index (χ1) is 5.97. The van der Waals surface area contributed by atoms with Crippen LogP contribution in [0.1, 0.15) is 13.8 Å². The zero-order chi connectivity index (χ0) is 10.4. The van der Waals surface area contributed by atoms with Crippen molar-refractivity contribution in [2.75, 3.05) is 27.2 Å². The van der Waals surface area contributed by atoms with E-state index in [1.807, 2.05) is 14.1 Å². The van der Waals surface area contributed by atoms with Gasteiger partial charge in [0.25, 0.3) is 0 Å². The number of nitrogens with one attached hydrogen (secondary N) is 1. The number of hydrogen-bond acceptors (Lipinski definition) is 3. The maximum atomic E-state index is 11.1. The lowest BCUT2D eigenvalue weighted by atomic mass is 10.0. The minimum atomic E-state index is -0.0828. The molecule has 0 saturated heterocycles. The zero-order valence-corrected chi connectivity index (χ0v) is 9.00. The monoisotopic (exact) mass is 187 g/mol. The van der Waals surface area contributed by atoms with Crippen LogP contribution in [-0.4, -0.2) is 44.0 Å². The van der Waals surface area contributed by atoms with Gasteiger partial charge in [-0.2, -0.15) is 0 Å². The second-order valence-electron chi connectivity index (χ2n) is 3.88. The largest absolute Gasteiger partial charge is 0.351 e. The smallest absolute Gasteiger partial charge is 0.234 e. The molecule has 0 radical (unpaired) electrons. The number of amides is 1. The van der Waals surface area contributed by atoms with Crippen LogP contribution in [0.15, 0.2) is 0 Å². The first-order valence-corrected chi connectivity index (χ1v) is 4.61. The van der Waals surface area contributed by atoms with E-state index in [-0.39, 0.29) is 18.5 Å². The van der Waals surface area contributed by atoms with Gasteiger partial charge in [0, 0.05) is 12.6 Å². The molecule has 0 bridgehead atoms. The molecule has 0 spiro atoms. The highest BCUT2D eigenvalue weighted by molar-refractivity contribution is 5.78. The van der Waals surface area contributed by atoms with E-state index in [0.717, 1.165) is 6.54 Å². The predicted molar refractivity (Wildman–Crippen MR) is 54.4 cm³/mol. The van der Waals surface area contributed by atoms with E-state index in [2.05, 4.69) is 24.1 Å². The van der Waals surface area contributed by atoms with Gasteiger partial charge in [0.2, 0.25) is 5.91 Å². The fraction of sp³-hybridized carbons (Fsp3) is 0.889. The minimum absolute atomic E-state index is 0.0661. The van der Waals surface area contributed by atoms with Crippen LogP contribution in [0.3, 0.4) is 0 Å². The molecule has 0 heterocycles. The lowest BCUT2D eigenvalue weighted by Crippen LogP contribution is -2.46. The molecule has 0 fully saturated rings. The highest BCUT2D eigenvalue weighted by Crippen LogP contribution is 2.01. The standard InChI is InChI=1S/C9H21N3O/c1-7(2)8(6-12(3)4)11-9(13)5-10/h7-8H,5-6,10H2,1-4H3,(H,11,13). The Hall–Kier alpha value is -0.610. The second kappa shape index (κ2) is 5.94. The van der Waals surface area contributed by atoms with Crippen LogP contribution in [0.25, 0.3) is 0 Å². The molecule has 1 unspecified atom stereocenters. The number of hydrogen-bond donors (Lipinski definition) is 2. The van der Waals surface area contributed by atoms with Gasteiger partial charge in [-0.05, 0) is 20.0 Å². The van der Waals surface area contributed by atoms with E-state index in [4.69, 9.17) is 5.73 Å². The molecule has 4 heteroatoms. The van der Waals surface area contributed by atoms with Crippen LogP contribution in [-0.2, 0) is 4.79 Å². The van der Waals surface area contributed by atoms with Crippen LogP contribution in [0, 0.1) is 5.92 Å². The Bertz CT molecular complexity index is 157. The summed E-state index contributed by atoms with van der Waals surface area (Å²) in [5.74, 6) is 0.346. The molecule has 0 aromatic rings. The second-order valence-corrected chi connectivity index (χ2v) is 3.88. The summed E-state index contributed by atoms with van der Waals surface area (Å²) in [6.07, 6.45) is 0. The van der Waals surface area contributed by atoms with Crippen molar-refractivity contribution >= 4 is 5.91 Å². The molecule has 0 aliphatic heterocycles. The van der Waals surface area contributed by atoms with Crippen LogP contribution < -0.4 is 11.1 Å². The average Bonchev–Trinajstić information content (AvgIpc) is 2.02. The Morgan fingerprint density at radius 1 is 1.46 bits per heavy atom. The quantitative estimate of drug-likeness (QED) is 0.618. The highest BCUT2D eigenvalue weighted by Gasteiger charge is 2.15. The van der Waals surface area contributed by atoms with Gasteiger partial charge in [0.1, 0.15) is 0 Å². The third kappa shape index (κ3) is 5.60. The van der Waals surface area contributed by atoms with E-state index in [0.29, 0.717) is 5.92 Å². The topological polar surface area (TPSA) is 58.4 Å². The van der Waals surface area contributed by atoms with Gasteiger partial charge in [-0.25, -0.2) is 0 Å². The summed E-state index contributed by atoms with van der Waals surface area (Å²) in [4.78, 5) is 13.1. The summed E-state index contributed by atoms with van der Waals surface area (Å²) in [6.45, 7) is 5.09. The van der Waals surface area contributed by atoms with Gasteiger partial charge < -0.3 is 16.0 Å². The summed E-state index contributed by atoms with van der Waals surface area (Å²) in [6, 6.07) is 0.186. The molecule has 0 saturated carbocycles. The highest BCUT2D eigenvalue weighted by atomic mass is 16.1. The average molecular weight is 187 g/mol. The van der Waals surface area contributed by atoms with Crippen molar-refractivity contribution in [3.05, 3.63) is 0 Å². The van der Waals surface area contributed by atoms with Crippen molar-refractivity contribution in [1.82, 2.24) is 10.2 Å². The van der Waals surface area contributed by atoms with E-state index >= 15 is 0 Å². The number of rotatable bonds is 5. The van der Waals surface area contributed by atoms with E-state index < -0.39 is 0 Å². The number of carbonyl (C=O) groups excluding carboxylic acids is 1. The first kappa shape index (κ1) is 12.4. The Kier molecular flexibility index (Phi) is 5.66. The normalized spacial score (nSPS) is 13.5. The van der Waals surface area contributed by atoms with Gasteiger partial charge in [0.05, 0.1) is 6.54 Å². The third-order valence-corrected chi connectivity index (χ3v) is 1.90. The molecule has 1 amide bonds. The Balaban J connectivity index is 4.02. The molecular weight excluding hydrogens is 166 g/mol. The molecule has 4 nitrogen and oxygen atoms in total. The maximum absolute atomic E-state index is 11.1. The Labute approximate surface area is 80.5 Å². The first-order valence-electron chi connectivity index (χ1n) is 4.61. The van der Waals surface area contributed by atoms with Gasteiger partial charge in [0.15, 0.2) is 0 Å². The van der Waals surface area contributed by atoms with E-state index in [1.54, 1.807) is 0 Å². The number of likely N-dealkylation sites (N-methyl/N-ethyl adjacent to an activating group) is 1. The molecule has 1 atom stereocenters. The third-order valence-electron chi connectivity index (χ3n) is 1.90. The van der Waals surface area contributed by atoms with Crippen LogP contribution in [0.2, 0.25) is 0 Å². The fourth-order valence-corrected chi connectivity index (χ4v) is 1.08. The summed E-state index contributed by atoms with van der Waals surface area (Å²) in [5, 5.41) is 2.89. The van der Waals surface area contributed by atoms with Crippen molar-refractivity contribution in [3.8, 4) is 0 Å². The molecule has 78 valence electrons. The van der Waals surface area contributed by atoms with Gasteiger partial charge in [-0.1, -0.05) is 13.8 Å². The van der Waals surface area contributed by atoms with E-state index in [1.165, 1.54) is 0 Å². The molecule has 0 aliphatic carbocycles. The fourth-order valence-electron chi connectivity index (χ4n) is 1.08. The van der Waals surface area contributed by atoms with Crippen molar-refractivity contribution in [1.29, 1.82) is 0 Å². The van der Waals surface area contributed by atoms with Crippen molar-refractivity contribution in [3.63, 3.8) is 0 Å². The molecule has 0 aliphatic rings. The summed E-state index contributed by atoms with van der Waals surface area (Å²) in [7, 11) is 3.98. The van der Waals surface area contributed by atoms with Crippen molar-refractivity contribution < 1.29 is 4.79 Å². The number of carbonyl (C=O) groups is 1. The molecular formula is C9H21N3O. The van der Waals surface area contributed by atoms with Crippen LogP contribution in [0.4, 0.5) is 0 Å². The molecule has 0 aromatic carbocycles. The number of nitrogens with two attached hydrogens (primary N) is 1. The lowest BCUT2D eigenvalue weighted by molar-refractivity contribution is -0.120. The Morgan fingerprint density at radius 2 is 2.00 bits per heavy atom. The summed E-state index contributed by atoms with van der Waals surface area (Å²) >= 11 is 0. The maximum Gasteiger partial charge on any atom is 0.234 e. The molecule has 0 aromatic heterocycles. The van der Waals surface area contributed by atoms with Crippen LogP contribution in [0.5, 0.6) is 0 Å². The summed E-state index contributed by atoms with van der Waals surface area (Å²) < 4.78 is 0. The SMILES string of the molecule is CC(C)C(CN(C)C)NC(=O)CN. The molecule has 13 heavy (non-hydrogen) atoms. The van der Waals surface area contributed by atoms with Gasteiger partial charge >= 0.3 is 0 Å². The van der Waals surface area contributed by atoms with E-state index in [9.17, 15) is 4.79 Å². The molecule has 0 rings (SSSR count). The summed E-state index contributed by atoms with van der Waals surface area (Å²) in [5.41, 5.74) is 5.23. The minimum Gasteiger partial charge on any atom is -0.351 e. The zero-order valence-electron chi connectivity index (χ0n) is 9.00. The van der Waals surface area contributed by atoms with Crippen molar-refractivity contribution in [2.45, 2.75) is 19.9 Å². The lowest BCUT2D eigenvalue weighted by Gasteiger charge is -2.25.